The van der Waals surface area contributed by atoms with Crippen molar-refractivity contribution in [1.82, 2.24) is 10.2 Å². The molecule has 2 rings (SSSR count). The van der Waals surface area contributed by atoms with Crippen LogP contribution < -0.4 is 14.8 Å². The van der Waals surface area contributed by atoms with Gasteiger partial charge in [0.1, 0.15) is 13.2 Å². The van der Waals surface area contributed by atoms with Gasteiger partial charge < -0.3 is 24.8 Å². The quantitative estimate of drug-likeness (QED) is 0.784. The monoisotopic (exact) mass is 266 g/mol. The molecule has 0 aliphatic carbocycles. The van der Waals surface area contributed by atoms with Crippen molar-refractivity contribution in [2.24, 2.45) is 0 Å². The lowest BCUT2D eigenvalue weighted by atomic mass is 10.1. The van der Waals surface area contributed by atoms with Crippen molar-refractivity contribution in [2.75, 3.05) is 40.4 Å². The first-order valence-corrected chi connectivity index (χ1v) is 6.58. The van der Waals surface area contributed by atoms with E-state index in [0.29, 0.717) is 32.8 Å². The van der Waals surface area contributed by atoms with Crippen LogP contribution in [-0.2, 0) is 6.54 Å². The van der Waals surface area contributed by atoms with Gasteiger partial charge >= 0.3 is 0 Å². The highest BCUT2D eigenvalue weighted by Gasteiger charge is 2.15. The average molecular weight is 266 g/mol. The fourth-order valence-electron chi connectivity index (χ4n) is 2.13. The molecule has 1 unspecified atom stereocenters. The Morgan fingerprint density at radius 1 is 1.32 bits per heavy atom. The average Bonchev–Trinajstić information content (AvgIpc) is 2.38. The van der Waals surface area contributed by atoms with Gasteiger partial charge in [-0.3, -0.25) is 0 Å². The summed E-state index contributed by atoms with van der Waals surface area (Å²) in [6.07, 6.45) is -0.369. The van der Waals surface area contributed by atoms with Gasteiger partial charge in [0.05, 0.1) is 6.10 Å². The highest BCUT2D eigenvalue weighted by Crippen LogP contribution is 2.33. The van der Waals surface area contributed by atoms with Crippen LogP contribution in [0.5, 0.6) is 11.5 Å². The lowest BCUT2D eigenvalue weighted by molar-refractivity contribution is 0.134. The maximum atomic E-state index is 9.78. The molecular weight excluding hydrogens is 244 g/mol. The molecule has 1 atom stereocenters. The van der Waals surface area contributed by atoms with Crippen molar-refractivity contribution in [3.63, 3.8) is 0 Å². The Hall–Kier alpha value is -1.30. The number of ether oxygens (including phenoxy) is 2. The van der Waals surface area contributed by atoms with Crippen LogP contribution in [0.2, 0.25) is 0 Å². The Balaban J connectivity index is 1.86. The van der Waals surface area contributed by atoms with Crippen LogP contribution in [0.3, 0.4) is 0 Å². The van der Waals surface area contributed by atoms with Crippen LogP contribution in [0.25, 0.3) is 0 Å². The van der Waals surface area contributed by atoms with Crippen LogP contribution in [0.1, 0.15) is 5.56 Å². The molecule has 0 bridgehead atoms. The molecular formula is C14H22N2O3. The first-order valence-electron chi connectivity index (χ1n) is 6.58. The molecule has 5 heteroatoms. The standard InChI is InChI=1S/C14H22N2O3/c1-16(2)10-12(17)9-15-8-11-4-3-5-13-14(11)19-7-6-18-13/h3-5,12,15,17H,6-10H2,1-2H3. The van der Waals surface area contributed by atoms with E-state index in [1.54, 1.807) is 0 Å². The summed E-state index contributed by atoms with van der Waals surface area (Å²) in [5.74, 6) is 1.63. The lowest BCUT2D eigenvalue weighted by Crippen LogP contribution is -2.34. The largest absolute Gasteiger partial charge is 0.486 e. The first-order chi connectivity index (χ1) is 9.16. The molecule has 1 aromatic rings. The summed E-state index contributed by atoms with van der Waals surface area (Å²) in [4.78, 5) is 1.97. The zero-order valence-corrected chi connectivity index (χ0v) is 11.6. The molecule has 0 amide bonds. The van der Waals surface area contributed by atoms with Crippen molar-refractivity contribution in [3.8, 4) is 11.5 Å². The van der Waals surface area contributed by atoms with E-state index in [1.807, 2.05) is 37.2 Å². The van der Waals surface area contributed by atoms with Crippen LogP contribution in [0.15, 0.2) is 18.2 Å². The second kappa shape index (κ2) is 6.75. The number of hydrogen-bond acceptors (Lipinski definition) is 5. The summed E-state index contributed by atoms with van der Waals surface area (Å²) in [7, 11) is 3.89. The highest BCUT2D eigenvalue weighted by atomic mass is 16.6. The number of likely N-dealkylation sites (N-methyl/N-ethyl adjacent to an activating group) is 1. The Morgan fingerprint density at radius 3 is 2.89 bits per heavy atom. The van der Waals surface area contributed by atoms with Crippen LogP contribution >= 0.6 is 0 Å². The normalized spacial score (nSPS) is 15.6. The zero-order chi connectivity index (χ0) is 13.7. The molecule has 0 saturated heterocycles. The number of fused-ring (bicyclic) bond motifs is 1. The second-order valence-corrected chi connectivity index (χ2v) is 4.99. The third-order valence-electron chi connectivity index (χ3n) is 2.92. The van der Waals surface area contributed by atoms with E-state index in [2.05, 4.69) is 5.32 Å². The SMILES string of the molecule is CN(C)CC(O)CNCc1cccc2c1OCCO2. The van der Waals surface area contributed by atoms with Crippen molar-refractivity contribution in [2.45, 2.75) is 12.6 Å². The van der Waals surface area contributed by atoms with Gasteiger partial charge in [0.15, 0.2) is 11.5 Å². The molecule has 1 aliphatic heterocycles. The van der Waals surface area contributed by atoms with Crippen LogP contribution in [0.4, 0.5) is 0 Å². The first kappa shape index (κ1) is 14.1. The molecule has 0 fully saturated rings. The van der Waals surface area contributed by atoms with Gasteiger partial charge in [-0.2, -0.15) is 0 Å². The van der Waals surface area contributed by atoms with Gasteiger partial charge in [0.25, 0.3) is 0 Å². The minimum absolute atomic E-state index is 0.369. The molecule has 2 N–H and O–H groups in total. The zero-order valence-electron chi connectivity index (χ0n) is 11.6. The third kappa shape index (κ3) is 4.09. The summed E-state index contributed by atoms with van der Waals surface area (Å²) >= 11 is 0. The van der Waals surface area contributed by atoms with Crippen LogP contribution in [-0.4, -0.2) is 56.5 Å². The molecule has 0 radical (unpaired) electrons. The molecule has 0 saturated carbocycles. The van der Waals surface area contributed by atoms with Crippen LogP contribution in [0, 0.1) is 0 Å². The molecule has 1 aliphatic rings. The highest BCUT2D eigenvalue weighted by molar-refractivity contribution is 5.47. The number of hydrogen-bond donors (Lipinski definition) is 2. The maximum Gasteiger partial charge on any atom is 0.165 e. The Kier molecular flexibility index (Phi) is 5.01. The predicted molar refractivity (Wildman–Crippen MR) is 73.7 cm³/mol. The minimum atomic E-state index is -0.369. The van der Waals surface area contributed by atoms with E-state index in [1.165, 1.54) is 0 Å². The summed E-state index contributed by atoms with van der Waals surface area (Å²) in [6.45, 7) is 3.07. The fraction of sp³-hybridized carbons (Fsp3) is 0.571. The number of para-hydroxylation sites is 1. The van der Waals surface area contributed by atoms with Gasteiger partial charge in [-0.1, -0.05) is 12.1 Å². The number of rotatable bonds is 6. The van der Waals surface area contributed by atoms with E-state index in [-0.39, 0.29) is 6.10 Å². The topological polar surface area (TPSA) is 54.0 Å². The number of benzene rings is 1. The molecule has 0 aromatic heterocycles. The van der Waals surface area contributed by atoms with Gasteiger partial charge in [-0.25, -0.2) is 0 Å². The fourth-order valence-corrected chi connectivity index (χ4v) is 2.13. The van der Waals surface area contributed by atoms with E-state index in [4.69, 9.17) is 9.47 Å². The summed E-state index contributed by atoms with van der Waals surface area (Å²) in [5, 5.41) is 13.0. The van der Waals surface area contributed by atoms with E-state index in [9.17, 15) is 5.11 Å². The van der Waals surface area contributed by atoms with Gasteiger partial charge in [-0.05, 0) is 20.2 Å². The molecule has 1 aromatic carbocycles. The second-order valence-electron chi connectivity index (χ2n) is 4.99. The smallest absolute Gasteiger partial charge is 0.165 e. The molecule has 106 valence electrons. The molecule has 19 heavy (non-hydrogen) atoms. The molecule has 5 nitrogen and oxygen atoms in total. The summed E-state index contributed by atoms with van der Waals surface area (Å²) in [5.41, 5.74) is 1.06. The summed E-state index contributed by atoms with van der Waals surface area (Å²) < 4.78 is 11.2. The van der Waals surface area contributed by atoms with Gasteiger partial charge in [0.2, 0.25) is 0 Å². The third-order valence-corrected chi connectivity index (χ3v) is 2.92. The van der Waals surface area contributed by atoms with Gasteiger partial charge in [0, 0.05) is 25.2 Å². The van der Waals surface area contributed by atoms with Crippen molar-refractivity contribution in [3.05, 3.63) is 23.8 Å². The minimum Gasteiger partial charge on any atom is -0.486 e. The van der Waals surface area contributed by atoms with Crippen molar-refractivity contribution < 1.29 is 14.6 Å². The van der Waals surface area contributed by atoms with Crippen molar-refractivity contribution >= 4 is 0 Å². The Labute approximate surface area is 114 Å². The Morgan fingerprint density at radius 2 is 2.11 bits per heavy atom. The number of nitrogens with zero attached hydrogens (tertiary/aromatic N) is 1. The summed E-state index contributed by atoms with van der Waals surface area (Å²) in [6, 6.07) is 5.89. The lowest BCUT2D eigenvalue weighted by Gasteiger charge is -2.21. The van der Waals surface area contributed by atoms with E-state index in [0.717, 1.165) is 17.1 Å². The Bertz CT molecular complexity index is 410. The van der Waals surface area contributed by atoms with Crippen molar-refractivity contribution in [1.29, 1.82) is 0 Å². The number of aliphatic hydroxyl groups is 1. The molecule has 1 heterocycles. The van der Waals surface area contributed by atoms with E-state index < -0.39 is 0 Å². The number of nitrogens with one attached hydrogen (secondary N) is 1. The van der Waals surface area contributed by atoms with E-state index >= 15 is 0 Å². The maximum absolute atomic E-state index is 9.78. The molecule has 0 spiro atoms. The van der Waals surface area contributed by atoms with Gasteiger partial charge in [-0.15, -0.1) is 0 Å². The predicted octanol–water partition coefficient (Wildman–Crippen LogP) is 0.470. The number of aliphatic hydroxyl groups excluding tert-OH is 1.